The normalized spacial score (nSPS) is 15.2. The molecule has 4 nitrogen and oxygen atoms in total. The number of nitrogens with zero attached hydrogens (tertiary/aromatic N) is 1. The Morgan fingerprint density at radius 1 is 0.963 bits per heavy atom. The van der Waals surface area contributed by atoms with Crippen LogP contribution in [0.4, 0.5) is 11.4 Å². The number of ether oxygens (including phenoxy) is 2. The van der Waals surface area contributed by atoms with E-state index in [4.69, 9.17) is 9.47 Å². The van der Waals surface area contributed by atoms with Gasteiger partial charge in [0.25, 0.3) is 5.91 Å². The number of anilines is 2. The Hall–Kier alpha value is -3.11. The van der Waals surface area contributed by atoms with Crippen molar-refractivity contribution in [3.05, 3.63) is 90.0 Å². The highest BCUT2D eigenvalue weighted by Crippen LogP contribution is 2.30. The number of para-hydroxylation sites is 2. The Morgan fingerprint density at radius 2 is 1.59 bits per heavy atom. The van der Waals surface area contributed by atoms with Gasteiger partial charge in [-0.2, -0.15) is 0 Å². The van der Waals surface area contributed by atoms with Gasteiger partial charge in [-0.3, -0.25) is 9.69 Å². The first-order valence-corrected chi connectivity index (χ1v) is 9.02. The van der Waals surface area contributed by atoms with E-state index in [1.165, 1.54) is 0 Å². The Bertz CT molecular complexity index is 918. The maximum Gasteiger partial charge on any atom is 0.266 e. The van der Waals surface area contributed by atoms with Crippen molar-refractivity contribution in [1.82, 2.24) is 0 Å². The van der Waals surface area contributed by atoms with Gasteiger partial charge >= 0.3 is 0 Å². The van der Waals surface area contributed by atoms with Crippen LogP contribution in [0.5, 0.6) is 5.75 Å². The van der Waals surface area contributed by atoms with Gasteiger partial charge in [-0.05, 0) is 43.3 Å². The molecule has 1 fully saturated rings. The van der Waals surface area contributed by atoms with Crippen molar-refractivity contribution in [3.8, 4) is 5.75 Å². The lowest BCUT2D eigenvalue weighted by atomic mass is 10.1. The molecule has 1 aliphatic heterocycles. The van der Waals surface area contributed by atoms with E-state index in [0.29, 0.717) is 17.9 Å². The van der Waals surface area contributed by atoms with Gasteiger partial charge in [-0.15, -0.1) is 0 Å². The third kappa shape index (κ3) is 4.01. The summed E-state index contributed by atoms with van der Waals surface area (Å²) in [7, 11) is 0. The largest absolute Gasteiger partial charge is 0.490 e. The van der Waals surface area contributed by atoms with Gasteiger partial charge in [0.1, 0.15) is 18.5 Å². The minimum absolute atomic E-state index is 0.127. The predicted molar refractivity (Wildman–Crippen MR) is 106 cm³/mol. The molecule has 0 aliphatic carbocycles. The van der Waals surface area contributed by atoms with Gasteiger partial charge < -0.3 is 9.47 Å². The average molecular weight is 359 g/mol. The zero-order valence-corrected chi connectivity index (χ0v) is 15.2. The Balaban J connectivity index is 1.71. The van der Waals surface area contributed by atoms with Crippen molar-refractivity contribution in [2.45, 2.75) is 13.0 Å². The second-order valence-corrected chi connectivity index (χ2v) is 6.57. The monoisotopic (exact) mass is 359 g/mol. The number of carbonyl (C=O) groups excluding carboxylic acids is 1. The van der Waals surface area contributed by atoms with Crippen molar-refractivity contribution in [3.63, 3.8) is 0 Å². The number of amides is 1. The molecule has 1 heterocycles. The van der Waals surface area contributed by atoms with Gasteiger partial charge in [-0.1, -0.05) is 48.0 Å². The first-order valence-electron chi connectivity index (χ1n) is 9.02. The molecular weight excluding hydrogens is 338 g/mol. The molecule has 4 heteroatoms. The zero-order chi connectivity index (χ0) is 18.6. The smallest absolute Gasteiger partial charge is 0.266 e. The van der Waals surface area contributed by atoms with E-state index in [1.54, 1.807) is 11.0 Å². The standard InChI is InChI=1S/C23H21NO3/c1-17-11-13-19(14-12-17)24(18-7-3-2-4-8-18)23(25)21-9-5-6-10-22(21)27-16-20-15-26-20/h2-14,20H,15-16H2,1H3. The molecule has 4 rings (SSSR count). The fraction of sp³-hybridized carbons (Fsp3) is 0.174. The Morgan fingerprint density at radius 3 is 2.30 bits per heavy atom. The number of epoxide rings is 1. The lowest BCUT2D eigenvalue weighted by molar-refractivity contribution is 0.0994. The lowest BCUT2D eigenvalue weighted by Crippen LogP contribution is -2.26. The number of aryl methyl sites for hydroxylation is 1. The van der Waals surface area contributed by atoms with E-state index in [2.05, 4.69) is 0 Å². The van der Waals surface area contributed by atoms with Crippen LogP contribution in [0.3, 0.4) is 0 Å². The van der Waals surface area contributed by atoms with Crippen LogP contribution >= 0.6 is 0 Å². The molecule has 0 aromatic heterocycles. The molecule has 0 radical (unpaired) electrons. The lowest BCUT2D eigenvalue weighted by Gasteiger charge is -2.24. The summed E-state index contributed by atoms with van der Waals surface area (Å²) in [6, 6.07) is 24.9. The second kappa shape index (κ2) is 7.64. The topological polar surface area (TPSA) is 42.1 Å². The molecule has 0 spiro atoms. The maximum atomic E-state index is 13.5. The number of rotatable bonds is 6. The maximum absolute atomic E-state index is 13.5. The zero-order valence-electron chi connectivity index (χ0n) is 15.2. The van der Waals surface area contributed by atoms with Crippen LogP contribution in [0.15, 0.2) is 78.9 Å². The minimum Gasteiger partial charge on any atom is -0.490 e. The van der Waals surface area contributed by atoms with E-state index in [-0.39, 0.29) is 12.0 Å². The molecule has 1 saturated heterocycles. The highest BCUT2D eigenvalue weighted by molar-refractivity contribution is 6.12. The Labute approximate surface area is 159 Å². The van der Waals surface area contributed by atoms with Gasteiger partial charge in [0.15, 0.2) is 0 Å². The molecule has 27 heavy (non-hydrogen) atoms. The van der Waals surface area contributed by atoms with Crippen molar-refractivity contribution in [1.29, 1.82) is 0 Å². The Kier molecular flexibility index (Phi) is 4.90. The fourth-order valence-electron chi connectivity index (χ4n) is 2.89. The third-order valence-electron chi connectivity index (χ3n) is 4.45. The molecule has 0 bridgehead atoms. The number of carbonyl (C=O) groups is 1. The minimum atomic E-state index is -0.127. The summed E-state index contributed by atoms with van der Waals surface area (Å²) in [6.07, 6.45) is 0.135. The van der Waals surface area contributed by atoms with Crippen molar-refractivity contribution in [2.24, 2.45) is 0 Å². The van der Waals surface area contributed by atoms with Crippen LogP contribution in [0, 0.1) is 6.92 Å². The summed E-state index contributed by atoms with van der Waals surface area (Å²) in [6.45, 7) is 3.21. The van der Waals surface area contributed by atoms with Crippen LogP contribution in [-0.2, 0) is 4.74 Å². The van der Waals surface area contributed by atoms with E-state index in [0.717, 1.165) is 23.5 Å². The SMILES string of the molecule is Cc1ccc(N(C(=O)c2ccccc2OCC2CO2)c2ccccc2)cc1. The fourth-order valence-corrected chi connectivity index (χ4v) is 2.89. The number of hydrogen-bond donors (Lipinski definition) is 0. The summed E-state index contributed by atoms with van der Waals surface area (Å²) in [5, 5.41) is 0. The molecule has 3 aromatic carbocycles. The average Bonchev–Trinajstić information content (AvgIpc) is 3.54. The van der Waals surface area contributed by atoms with Gasteiger partial charge in [0.2, 0.25) is 0 Å². The molecule has 0 saturated carbocycles. The molecule has 1 amide bonds. The van der Waals surface area contributed by atoms with Gasteiger partial charge in [0.05, 0.1) is 12.2 Å². The summed E-state index contributed by atoms with van der Waals surface area (Å²) in [4.78, 5) is 15.2. The second-order valence-electron chi connectivity index (χ2n) is 6.57. The summed E-state index contributed by atoms with van der Waals surface area (Å²) in [5.41, 5.74) is 3.30. The highest BCUT2D eigenvalue weighted by atomic mass is 16.6. The molecule has 1 aliphatic rings. The quantitative estimate of drug-likeness (QED) is 0.597. The van der Waals surface area contributed by atoms with Gasteiger partial charge in [-0.25, -0.2) is 0 Å². The van der Waals surface area contributed by atoms with E-state index < -0.39 is 0 Å². The molecule has 136 valence electrons. The number of benzene rings is 3. The van der Waals surface area contributed by atoms with Crippen LogP contribution in [0.2, 0.25) is 0 Å². The summed E-state index contributed by atoms with van der Waals surface area (Å²) >= 11 is 0. The molecular formula is C23H21NO3. The van der Waals surface area contributed by atoms with Crippen LogP contribution in [0.25, 0.3) is 0 Å². The predicted octanol–water partition coefficient (Wildman–Crippen LogP) is 4.75. The number of hydrogen-bond acceptors (Lipinski definition) is 3. The van der Waals surface area contributed by atoms with E-state index in [1.807, 2.05) is 79.7 Å². The van der Waals surface area contributed by atoms with Crippen molar-refractivity contribution in [2.75, 3.05) is 18.1 Å². The first-order chi connectivity index (χ1) is 13.2. The van der Waals surface area contributed by atoms with E-state index >= 15 is 0 Å². The highest BCUT2D eigenvalue weighted by Gasteiger charge is 2.26. The first kappa shape index (κ1) is 17.3. The molecule has 0 N–H and O–H groups in total. The summed E-state index contributed by atoms with van der Waals surface area (Å²) < 4.78 is 11.1. The third-order valence-corrected chi connectivity index (χ3v) is 4.45. The molecule has 1 unspecified atom stereocenters. The van der Waals surface area contributed by atoms with Crippen molar-refractivity contribution >= 4 is 17.3 Å². The van der Waals surface area contributed by atoms with Crippen LogP contribution in [-0.4, -0.2) is 25.2 Å². The van der Waals surface area contributed by atoms with Gasteiger partial charge in [0, 0.05) is 11.4 Å². The van der Waals surface area contributed by atoms with Crippen molar-refractivity contribution < 1.29 is 14.3 Å². The summed E-state index contributed by atoms with van der Waals surface area (Å²) in [5.74, 6) is 0.448. The van der Waals surface area contributed by atoms with Crippen LogP contribution in [0.1, 0.15) is 15.9 Å². The molecule has 1 atom stereocenters. The molecule has 3 aromatic rings. The van der Waals surface area contributed by atoms with Crippen LogP contribution < -0.4 is 9.64 Å². The van der Waals surface area contributed by atoms with E-state index in [9.17, 15) is 4.79 Å².